The van der Waals surface area contributed by atoms with E-state index in [0.29, 0.717) is 6.54 Å². The van der Waals surface area contributed by atoms with Crippen molar-refractivity contribution in [1.82, 2.24) is 5.32 Å². The maximum absolute atomic E-state index is 10.6. The Hall–Kier alpha value is -1.03. The molecule has 0 amide bonds. The molecule has 0 fully saturated rings. The highest BCUT2D eigenvalue weighted by Crippen LogP contribution is 2.02. The van der Waals surface area contributed by atoms with Gasteiger partial charge in [0.2, 0.25) is 0 Å². The van der Waals surface area contributed by atoms with Gasteiger partial charge in [-0.25, -0.2) is 4.79 Å². The lowest BCUT2D eigenvalue weighted by molar-refractivity contribution is -0.133. The van der Waals surface area contributed by atoms with Crippen LogP contribution in [0.4, 0.5) is 0 Å². The van der Waals surface area contributed by atoms with E-state index in [1.165, 1.54) is 6.08 Å². The molecule has 0 saturated heterocycles. The minimum Gasteiger partial charge on any atom is -0.477 e. The zero-order chi connectivity index (χ0) is 9.78. The first-order valence-corrected chi connectivity index (χ1v) is 3.85. The van der Waals surface area contributed by atoms with Crippen LogP contribution in [0.5, 0.6) is 0 Å². The molecule has 0 unspecified atom stereocenters. The molecule has 70 valence electrons. The Morgan fingerprint density at radius 3 is 2.42 bits per heavy atom. The molecule has 0 rings (SSSR count). The van der Waals surface area contributed by atoms with E-state index in [-0.39, 0.29) is 5.70 Å². The van der Waals surface area contributed by atoms with Gasteiger partial charge in [0, 0.05) is 12.1 Å². The van der Waals surface area contributed by atoms with Crippen LogP contribution in [0.25, 0.3) is 0 Å². The van der Waals surface area contributed by atoms with E-state index in [2.05, 4.69) is 5.32 Å². The van der Waals surface area contributed by atoms with Crippen LogP contribution < -0.4 is 11.1 Å². The third-order valence-corrected chi connectivity index (χ3v) is 1.11. The Morgan fingerprint density at radius 2 is 2.17 bits per heavy atom. The van der Waals surface area contributed by atoms with Crippen LogP contribution in [0.3, 0.4) is 0 Å². The van der Waals surface area contributed by atoms with Gasteiger partial charge in [-0.15, -0.1) is 0 Å². The standard InChI is InChI=1S/C8H16N2O2/c1-4-10-6(7(11)12)5-8(2,3)9/h5,10H,4,9H2,1-3H3,(H,11,12). The molecule has 0 aromatic carbocycles. The van der Waals surface area contributed by atoms with Gasteiger partial charge in [0.1, 0.15) is 5.70 Å². The number of carboxylic acids is 1. The molecule has 0 aromatic rings. The van der Waals surface area contributed by atoms with Crippen molar-refractivity contribution in [2.75, 3.05) is 6.54 Å². The van der Waals surface area contributed by atoms with Crippen molar-refractivity contribution < 1.29 is 9.90 Å². The Labute approximate surface area is 72.4 Å². The minimum atomic E-state index is -0.977. The Balaban J connectivity index is 4.50. The summed E-state index contributed by atoms with van der Waals surface area (Å²) >= 11 is 0. The lowest BCUT2D eigenvalue weighted by Crippen LogP contribution is -2.33. The molecule has 0 bridgehead atoms. The summed E-state index contributed by atoms with van der Waals surface area (Å²) in [5.74, 6) is -0.977. The number of hydrogen-bond donors (Lipinski definition) is 3. The van der Waals surface area contributed by atoms with Crippen molar-refractivity contribution in [2.45, 2.75) is 26.3 Å². The van der Waals surface area contributed by atoms with Crippen molar-refractivity contribution in [3.05, 3.63) is 11.8 Å². The largest absolute Gasteiger partial charge is 0.477 e. The van der Waals surface area contributed by atoms with E-state index >= 15 is 0 Å². The number of nitrogens with two attached hydrogens (primary N) is 1. The average Bonchev–Trinajstić information content (AvgIpc) is 1.83. The molecule has 0 radical (unpaired) electrons. The number of nitrogens with one attached hydrogen (secondary N) is 1. The van der Waals surface area contributed by atoms with Crippen molar-refractivity contribution in [3.63, 3.8) is 0 Å². The van der Waals surface area contributed by atoms with Gasteiger partial charge in [-0.2, -0.15) is 0 Å². The highest BCUT2D eigenvalue weighted by molar-refractivity contribution is 5.86. The second-order valence-corrected chi connectivity index (χ2v) is 3.21. The molecule has 0 aliphatic carbocycles. The van der Waals surface area contributed by atoms with Crippen LogP contribution in [0.1, 0.15) is 20.8 Å². The molecule has 0 heterocycles. The van der Waals surface area contributed by atoms with Gasteiger partial charge in [-0.1, -0.05) is 0 Å². The van der Waals surface area contributed by atoms with Crippen LogP contribution >= 0.6 is 0 Å². The normalized spacial score (nSPS) is 12.8. The highest BCUT2D eigenvalue weighted by Gasteiger charge is 2.12. The first-order valence-electron chi connectivity index (χ1n) is 3.85. The summed E-state index contributed by atoms with van der Waals surface area (Å²) in [5, 5.41) is 11.4. The number of carbonyl (C=O) groups is 1. The van der Waals surface area contributed by atoms with Crippen LogP contribution in [0, 0.1) is 0 Å². The molecule has 4 nitrogen and oxygen atoms in total. The molecular formula is C8H16N2O2. The molecule has 0 atom stereocenters. The molecule has 0 aromatic heterocycles. The summed E-state index contributed by atoms with van der Waals surface area (Å²) in [4.78, 5) is 10.6. The fraction of sp³-hybridized carbons (Fsp3) is 0.625. The molecule has 0 spiro atoms. The first kappa shape index (κ1) is 11.0. The smallest absolute Gasteiger partial charge is 0.351 e. The number of hydrogen-bond acceptors (Lipinski definition) is 3. The summed E-state index contributed by atoms with van der Waals surface area (Å²) in [6, 6.07) is 0. The summed E-state index contributed by atoms with van der Waals surface area (Å²) in [5.41, 5.74) is 5.18. The maximum Gasteiger partial charge on any atom is 0.351 e. The Bertz CT molecular complexity index is 192. The second-order valence-electron chi connectivity index (χ2n) is 3.21. The summed E-state index contributed by atoms with van der Waals surface area (Å²) in [7, 11) is 0. The van der Waals surface area contributed by atoms with Crippen molar-refractivity contribution in [1.29, 1.82) is 0 Å². The van der Waals surface area contributed by atoms with Gasteiger partial charge in [0.15, 0.2) is 0 Å². The van der Waals surface area contributed by atoms with Gasteiger partial charge in [0.05, 0.1) is 0 Å². The van der Waals surface area contributed by atoms with Crippen molar-refractivity contribution in [2.24, 2.45) is 5.73 Å². The zero-order valence-corrected chi connectivity index (χ0v) is 7.72. The maximum atomic E-state index is 10.6. The molecule has 4 heteroatoms. The molecule has 0 aliphatic rings. The Morgan fingerprint density at radius 1 is 1.67 bits per heavy atom. The van der Waals surface area contributed by atoms with E-state index in [1.54, 1.807) is 13.8 Å². The minimum absolute atomic E-state index is 0.157. The third kappa shape index (κ3) is 4.73. The predicted octanol–water partition coefficient (Wildman–Crippen LogP) is 0.302. The quantitative estimate of drug-likeness (QED) is 0.533. The van der Waals surface area contributed by atoms with Gasteiger partial charge < -0.3 is 16.2 Å². The van der Waals surface area contributed by atoms with E-state index in [9.17, 15) is 4.79 Å². The lowest BCUT2D eigenvalue weighted by atomic mass is 10.1. The molecule has 0 aliphatic heterocycles. The van der Waals surface area contributed by atoms with Crippen LogP contribution in [-0.2, 0) is 4.79 Å². The van der Waals surface area contributed by atoms with E-state index < -0.39 is 11.5 Å². The first-order chi connectivity index (χ1) is 5.37. The SMILES string of the molecule is CCNC(=CC(C)(C)N)C(=O)O. The molecular weight excluding hydrogens is 156 g/mol. The fourth-order valence-electron chi connectivity index (χ4n) is 0.751. The topological polar surface area (TPSA) is 75.3 Å². The third-order valence-electron chi connectivity index (χ3n) is 1.11. The van der Waals surface area contributed by atoms with Gasteiger partial charge in [-0.05, 0) is 26.8 Å². The van der Waals surface area contributed by atoms with Crippen molar-refractivity contribution in [3.8, 4) is 0 Å². The predicted molar refractivity (Wildman–Crippen MR) is 47.7 cm³/mol. The monoisotopic (exact) mass is 172 g/mol. The highest BCUT2D eigenvalue weighted by atomic mass is 16.4. The summed E-state index contributed by atoms with van der Waals surface area (Å²) < 4.78 is 0. The van der Waals surface area contributed by atoms with Crippen LogP contribution in [0.2, 0.25) is 0 Å². The van der Waals surface area contributed by atoms with Gasteiger partial charge in [0.25, 0.3) is 0 Å². The van der Waals surface area contributed by atoms with E-state index in [0.717, 1.165) is 0 Å². The van der Waals surface area contributed by atoms with Crippen molar-refractivity contribution >= 4 is 5.97 Å². The molecule has 0 saturated carbocycles. The number of likely N-dealkylation sites (N-methyl/N-ethyl adjacent to an activating group) is 1. The zero-order valence-electron chi connectivity index (χ0n) is 7.72. The Kier molecular flexibility index (Phi) is 3.76. The average molecular weight is 172 g/mol. The number of carboxylic acid groups (broad SMARTS) is 1. The fourth-order valence-corrected chi connectivity index (χ4v) is 0.751. The summed E-state index contributed by atoms with van der Waals surface area (Å²) in [6.07, 6.45) is 1.50. The van der Waals surface area contributed by atoms with Gasteiger partial charge in [-0.3, -0.25) is 0 Å². The molecule has 4 N–H and O–H groups in total. The van der Waals surface area contributed by atoms with Crippen LogP contribution in [0.15, 0.2) is 11.8 Å². The summed E-state index contributed by atoms with van der Waals surface area (Å²) in [6.45, 7) is 5.90. The lowest BCUT2D eigenvalue weighted by Gasteiger charge is -2.14. The number of rotatable bonds is 4. The molecule has 12 heavy (non-hydrogen) atoms. The van der Waals surface area contributed by atoms with Crippen LogP contribution in [-0.4, -0.2) is 23.2 Å². The van der Waals surface area contributed by atoms with E-state index in [4.69, 9.17) is 10.8 Å². The number of aliphatic carboxylic acids is 1. The van der Waals surface area contributed by atoms with E-state index in [1.807, 2.05) is 6.92 Å². The second kappa shape index (κ2) is 4.11. The van der Waals surface area contributed by atoms with Gasteiger partial charge >= 0.3 is 5.97 Å².